The summed E-state index contributed by atoms with van der Waals surface area (Å²) in [7, 11) is 1.66. The van der Waals surface area contributed by atoms with Crippen LogP contribution in [0.15, 0.2) is 24.3 Å². The first-order valence-corrected chi connectivity index (χ1v) is 5.78. The van der Waals surface area contributed by atoms with Crippen LogP contribution in [0.2, 0.25) is 0 Å². The Morgan fingerprint density at radius 1 is 1.44 bits per heavy atom. The second-order valence-corrected chi connectivity index (χ2v) is 4.28. The van der Waals surface area contributed by atoms with Crippen LogP contribution in [0.25, 0.3) is 0 Å². The van der Waals surface area contributed by atoms with E-state index >= 15 is 0 Å². The first-order valence-electron chi connectivity index (χ1n) is 5.78. The molecule has 0 aromatic heterocycles. The third-order valence-corrected chi connectivity index (χ3v) is 3.22. The van der Waals surface area contributed by atoms with Crippen molar-refractivity contribution in [3.63, 3.8) is 0 Å². The minimum absolute atomic E-state index is 0.123. The van der Waals surface area contributed by atoms with Crippen molar-refractivity contribution in [1.82, 2.24) is 5.32 Å². The third kappa shape index (κ3) is 2.53. The molecule has 2 unspecified atom stereocenters. The SMILES string of the molecule is COc1ccccc1CC1CCNCC1F. The number of methoxy groups -OCH3 is 1. The fraction of sp³-hybridized carbons (Fsp3) is 0.538. The van der Waals surface area contributed by atoms with Gasteiger partial charge in [0.25, 0.3) is 0 Å². The normalized spacial score (nSPS) is 25.4. The first-order chi connectivity index (χ1) is 7.81. The van der Waals surface area contributed by atoms with Gasteiger partial charge in [-0.05, 0) is 36.9 Å². The second kappa shape index (κ2) is 5.30. The van der Waals surface area contributed by atoms with Crippen LogP contribution in [-0.2, 0) is 6.42 Å². The molecule has 3 heteroatoms. The van der Waals surface area contributed by atoms with E-state index in [0.717, 1.165) is 30.7 Å². The number of para-hydroxylation sites is 1. The number of alkyl halides is 1. The molecule has 2 nitrogen and oxygen atoms in total. The number of nitrogens with one attached hydrogen (secondary N) is 1. The summed E-state index contributed by atoms with van der Waals surface area (Å²) >= 11 is 0. The van der Waals surface area contributed by atoms with E-state index in [2.05, 4.69) is 5.32 Å². The lowest BCUT2D eigenvalue weighted by molar-refractivity contribution is 0.178. The topological polar surface area (TPSA) is 21.3 Å². The molecule has 0 bridgehead atoms. The Morgan fingerprint density at radius 2 is 2.25 bits per heavy atom. The van der Waals surface area contributed by atoms with Crippen molar-refractivity contribution in [3.05, 3.63) is 29.8 Å². The smallest absolute Gasteiger partial charge is 0.122 e. The van der Waals surface area contributed by atoms with Crippen molar-refractivity contribution in [2.45, 2.75) is 19.0 Å². The second-order valence-electron chi connectivity index (χ2n) is 4.28. The summed E-state index contributed by atoms with van der Waals surface area (Å²) in [4.78, 5) is 0. The van der Waals surface area contributed by atoms with Crippen LogP contribution in [0.1, 0.15) is 12.0 Å². The van der Waals surface area contributed by atoms with Gasteiger partial charge in [0.1, 0.15) is 11.9 Å². The van der Waals surface area contributed by atoms with Gasteiger partial charge in [-0.2, -0.15) is 0 Å². The van der Waals surface area contributed by atoms with Gasteiger partial charge in [0.15, 0.2) is 0 Å². The molecular weight excluding hydrogens is 205 g/mol. The van der Waals surface area contributed by atoms with Crippen molar-refractivity contribution in [2.24, 2.45) is 5.92 Å². The Labute approximate surface area is 95.8 Å². The number of hydrogen-bond acceptors (Lipinski definition) is 2. The zero-order valence-electron chi connectivity index (χ0n) is 9.58. The summed E-state index contributed by atoms with van der Waals surface area (Å²) in [6.07, 6.45) is 0.935. The highest BCUT2D eigenvalue weighted by Gasteiger charge is 2.25. The van der Waals surface area contributed by atoms with Gasteiger partial charge in [-0.3, -0.25) is 0 Å². The third-order valence-electron chi connectivity index (χ3n) is 3.22. The summed E-state index contributed by atoms with van der Waals surface area (Å²) < 4.78 is 19.0. The largest absolute Gasteiger partial charge is 0.496 e. The summed E-state index contributed by atoms with van der Waals surface area (Å²) in [6.45, 7) is 1.40. The average molecular weight is 223 g/mol. The summed E-state index contributed by atoms with van der Waals surface area (Å²) in [6, 6.07) is 7.88. The number of piperidine rings is 1. The van der Waals surface area contributed by atoms with E-state index in [1.807, 2.05) is 24.3 Å². The van der Waals surface area contributed by atoms with Crippen molar-refractivity contribution in [2.75, 3.05) is 20.2 Å². The fourth-order valence-corrected chi connectivity index (χ4v) is 2.26. The highest BCUT2D eigenvalue weighted by molar-refractivity contribution is 5.33. The minimum atomic E-state index is -0.737. The van der Waals surface area contributed by atoms with E-state index in [1.165, 1.54) is 0 Å². The van der Waals surface area contributed by atoms with Crippen molar-refractivity contribution < 1.29 is 9.13 Å². The predicted octanol–water partition coefficient (Wildman–Crippen LogP) is 2.19. The van der Waals surface area contributed by atoms with Crippen LogP contribution in [0, 0.1) is 5.92 Å². The Bertz CT molecular complexity index is 342. The number of ether oxygens (including phenoxy) is 1. The van der Waals surface area contributed by atoms with Crippen LogP contribution < -0.4 is 10.1 Å². The lowest BCUT2D eigenvalue weighted by atomic mass is 9.89. The van der Waals surface area contributed by atoms with E-state index in [0.29, 0.717) is 6.54 Å². The summed E-state index contributed by atoms with van der Waals surface area (Å²) in [5.74, 6) is 0.991. The fourth-order valence-electron chi connectivity index (χ4n) is 2.26. The minimum Gasteiger partial charge on any atom is -0.496 e. The zero-order chi connectivity index (χ0) is 11.4. The average Bonchev–Trinajstić information content (AvgIpc) is 2.33. The maximum atomic E-state index is 13.7. The highest BCUT2D eigenvalue weighted by atomic mass is 19.1. The molecule has 1 aromatic carbocycles. The molecule has 2 atom stereocenters. The van der Waals surface area contributed by atoms with Gasteiger partial charge in [-0.1, -0.05) is 18.2 Å². The van der Waals surface area contributed by atoms with Crippen LogP contribution >= 0.6 is 0 Å². The molecule has 1 saturated heterocycles. The molecule has 16 heavy (non-hydrogen) atoms. The first kappa shape index (κ1) is 11.4. The predicted molar refractivity (Wildman–Crippen MR) is 62.6 cm³/mol. The molecule has 0 aliphatic carbocycles. The highest BCUT2D eigenvalue weighted by Crippen LogP contribution is 2.26. The van der Waals surface area contributed by atoms with Crippen molar-refractivity contribution in [3.8, 4) is 5.75 Å². The lowest BCUT2D eigenvalue weighted by Gasteiger charge is -2.27. The molecule has 0 saturated carbocycles. The number of benzene rings is 1. The molecule has 0 amide bonds. The van der Waals surface area contributed by atoms with Crippen LogP contribution in [0.3, 0.4) is 0 Å². The molecule has 1 fully saturated rings. The van der Waals surface area contributed by atoms with E-state index in [9.17, 15) is 4.39 Å². The van der Waals surface area contributed by atoms with Crippen molar-refractivity contribution >= 4 is 0 Å². The van der Waals surface area contributed by atoms with E-state index in [1.54, 1.807) is 7.11 Å². The van der Waals surface area contributed by atoms with Crippen LogP contribution in [-0.4, -0.2) is 26.4 Å². The van der Waals surface area contributed by atoms with Crippen LogP contribution in [0.5, 0.6) is 5.75 Å². The molecule has 1 aliphatic heterocycles. The number of rotatable bonds is 3. The maximum absolute atomic E-state index is 13.7. The Morgan fingerprint density at radius 3 is 3.00 bits per heavy atom. The van der Waals surface area contributed by atoms with Crippen LogP contribution in [0.4, 0.5) is 4.39 Å². The van der Waals surface area contributed by atoms with Gasteiger partial charge < -0.3 is 10.1 Å². The summed E-state index contributed by atoms with van der Waals surface area (Å²) in [5, 5.41) is 3.07. The van der Waals surface area contributed by atoms with E-state index in [-0.39, 0.29) is 5.92 Å². The van der Waals surface area contributed by atoms with Gasteiger partial charge in [0.2, 0.25) is 0 Å². The molecule has 1 heterocycles. The molecule has 88 valence electrons. The molecule has 1 N–H and O–H groups in total. The van der Waals surface area contributed by atoms with E-state index < -0.39 is 6.17 Å². The summed E-state index contributed by atoms with van der Waals surface area (Å²) in [5.41, 5.74) is 1.11. The van der Waals surface area contributed by atoms with Gasteiger partial charge >= 0.3 is 0 Å². The zero-order valence-corrected chi connectivity index (χ0v) is 9.58. The Hall–Kier alpha value is -1.09. The van der Waals surface area contributed by atoms with Crippen molar-refractivity contribution in [1.29, 1.82) is 0 Å². The molecule has 1 aromatic rings. The van der Waals surface area contributed by atoms with E-state index in [4.69, 9.17) is 4.74 Å². The van der Waals surface area contributed by atoms with Gasteiger partial charge in [-0.15, -0.1) is 0 Å². The van der Waals surface area contributed by atoms with Gasteiger partial charge in [-0.25, -0.2) is 4.39 Å². The lowest BCUT2D eigenvalue weighted by Crippen LogP contribution is -2.38. The number of hydrogen-bond donors (Lipinski definition) is 1. The van der Waals surface area contributed by atoms with Gasteiger partial charge in [0, 0.05) is 6.54 Å². The standard InChI is InChI=1S/C13H18FNO/c1-16-13-5-3-2-4-11(13)8-10-6-7-15-9-12(10)14/h2-5,10,12,15H,6-9H2,1H3. The molecular formula is C13H18FNO. The molecule has 1 aliphatic rings. The number of halogens is 1. The monoisotopic (exact) mass is 223 g/mol. The Balaban J connectivity index is 2.07. The Kier molecular flexibility index (Phi) is 3.78. The molecule has 0 radical (unpaired) electrons. The molecule has 0 spiro atoms. The van der Waals surface area contributed by atoms with Gasteiger partial charge in [0.05, 0.1) is 7.11 Å². The maximum Gasteiger partial charge on any atom is 0.122 e. The molecule has 2 rings (SSSR count). The quantitative estimate of drug-likeness (QED) is 0.848.